The second-order valence-electron chi connectivity index (χ2n) is 4.50. The van der Waals surface area contributed by atoms with Gasteiger partial charge in [0.05, 0.1) is 6.61 Å². The van der Waals surface area contributed by atoms with E-state index < -0.39 is 0 Å². The minimum atomic E-state index is -0.193. The lowest BCUT2D eigenvalue weighted by atomic mass is 9.81. The summed E-state index contributed by atoms with van der Waals surface area (Å²) in [4.78, 5) is 0. The molecule has 4 heteroatoms. The van der Waals surface area contributed by atoms with Crippen LogP contribution in [0.3, 0.4) is 0 Å². The highest BCUT2D eigenvalue weighted by molar-refractivity contribution is 9.10. The zero-order chi connectivity index (χ0) is 11.6. The topological polar surface area (TPSA) is 32.3 Å². The Morgan fingerprint density at radius 2 is 2.31 bits per heavy atom. The smallest absolute Gasteiger partial charge is 0.126 e. The average molecular weight is 288 g/mol. The van der Waals surface area contributed by atoms with Crippen LogP contribution in [-0.2, 0) is 6.42 Å². The molecule has 1 saturated heterocycles. The van der Waals surface area contributed by atoms with E-state index in [1.807, 2.05) is 0 Å². The van der Waals surface area contributed by atoms with Crippen LogP contribution < -0.4 is 5.32 Å². The van der Waals surface area contributed by atoms with Gasteiger partial charge < -0.3 is 10.4 Å². The van der Waals surface area contributed by atoms with Crippen molar-refractivity contribution in [2.45, 2.75) is 12.8 Å². The van der Waals surface area contributed by atoms with Crippen LogP contribution >= 0.6 is 15.9 Å². The number of aliphatic hydroxyl groups excluding tert-OH is 1. The van der Waals surface area contributed by atoms with Gasteiger partial charge in [-0.1, -0.05) is 15.9 Å². The van der Waals surface area contributed by atoms with E-state index in [-0.39, 0.29) is 17.8 Å². The second kappa shape index (κ2) is 4.82. The molecule has 0 aliphatic carbocycles. The summed E-state index contributed by atoms with van der Waals surface area (Å²) in [6.45, 7) is 1.76. The van der Waals surface area contributed by atoms with E-state index in [0.717, 1.165) is 24.0 Å². The summed E-state index contributed by atoms with van der Waals surface area (Å²) in [7, 11) is 0. The molecule has 88 valence electrons. The van der Waals surface area contributed by atoms with Gasteiger partial charge >= 0.3 is 0 Å². The fraction of sp³-hybridized carbons (Fsp3) is 0.500. The highest BCUT2D eigenvalue weighted by Crippen LogP contribution is 2.31. The Kier molecular flexibility index (Phi) is 3.62. The Morgan fingerprint density at radius 3 is 2.94 bits per heavy atom. The van der Waals surface area contributed by atoms with Crippen molar-refractivity contribution >= 4 is 15.9 Å². The van der Waals surface area contributed by atoms with E-state index >= 15 is 0 Å². The average Bonchev–Trinajstić information content (AvgIpc) is 2.73. The Labute approximate surface area is 103 Å². The SMILES string of the molecule is OCC1(Cc2cc(Br)ccc2F)CCNC1. The molecule has 16 heavy (non-hydrogen) atoms. The number of nitrogens with one attached hydrogen (secondary N) is 1. The maximum Gasteiger partial charge on any atom is 0.126 e. The van der Waals surface area contributed by atoms with Gasteiger partial charge in [0.1, 0.15) is 5.82 Å². The molecule has 1 heterocycles. The Hall–Kier alpha value is -0.450. The number of rotatable bonds is 3. The van der Waals surface area contributed by atoms with Gasteiger partial charge in [0, 0.05) is 16.4 Å². The van der Waals surface area contributed by atoms with Gasteiger partial charge in [0.2, 0.25) is 0 Å². The Bertz CT molecular complexity index is 377. The molecular weight excluding hydrogens is 273 g/mol. The van der Waals surface area contributed by atoms with Crippen molar-refractivity contribution in [1.29, 1.82) is 0 Å². The summed E-state index contributed by atoms with van der Waals surface area (Å²) in [5.74, 6) is -0.192. The first-order valence-electron chi connectivity index (χ1n) is 5.41. The molecule has 0 aromatic heterocycles. The van der Waals surface area contributed by atoms with E-state index in [1.165, 1.54) is 6.07 Å². The number of hydrogen-bond acceptors (Lipinski definition) is 2. The predicted octanol–water partition coefficient (Wildman–Crippen LogP) is 2.10. The number of aliphatic hydroxyl groups is 1. The molecule has 0 bridgehead atoms. The fourth-order valence-electron chi connectivity index (χ4n) is 2.22. The number of hydrogen-bond donors (Lipinski definition) is 2. The van der Waals surface area contributed by atoms with Crippen LogP contribution in [0.5, 0.6) is 0 Å². The van der Waals surface area contributed by atoms with Crippen molar-refractivity contribution in [2.24, 2.45) is 5.41 Å². The summed E-state index contributed by atoms with van der Waals surface area (Å²) in [5.41, 5.74) is 0.480. The molecule has 1 aromatic carbocycles. The van der Waals surface area contributed by atoms with Crippen LogP contribution in [0, 0.1) is 11.2 Å². The Morgan fingerprint density at radius 1 is 1.50 bits per heavy atom. The van der Waals surface area contributed by atoms with Crippen molar-refractivity contribution < 1.29 is 9.50 Å². The molecule has 2 rings (SSSR count). The summed E-state index contributed by atoms with van der Waals surface area (Å²) in [5, 5.41) is 12.7. The highest BCUT2D eigenvalue weighted by Gasteiger charge is 2.34. The summed E-state index contributed by atoms with van der Waals surface area (Å²) in [6, 6.07) is 4.95. The molecule has 1 fully saturated rings. The van der Waals surface area contributed by atoms with Crippen molar-refractivity contribution in [3.8, 4) is 0 Å². The van der Waals surface area contributed by atoms with Crippen LogP contribution in [0.15, 0.2) is 22.7 Å². The maximum atomic E-state index is 13.6. The first kappa shape index (κ1) is 12.0. The van der Waals surface area contributed by atoms with Gasteiger partial charge in [-0.05, 0) is 43.1 Å². The fourth-order valence-corrected chi connectivity index (χ4v) is 2.63. The normalized spacial score (nSPS) is 24.9. The monoisotopic (exact) mass is 287 g/mol. The summed E-state index contributed by atoms with van der Waals surface area (Å²) < 4.78 is 14.5. The molecule has 2 nitrogen and oxygen atoms in total. The molecule has 0 spiro atoms. The van der Waals surface area contributed by atoms with Gasteiger partial charge in [0.25, 0.3) is 0 Å². The Balaban J connectivity index is 2.21. The summed E-state index contributed by atoms with van der Waals surface area (Å²) >= 11 is 3.34. The first-order chi connectivity index (χ1) is 7.65. The molecular formula is C12H15BrFNO. The van der Waals surface area contributed by atoms with Crippen LogP contribution in [0.25, 0.3) is 0 Å². The van der Waals surface area contributed by atoms with E-state index in [4.69, 9.17) is 0 Å². The van der Waals surface area contributed by atoms with Crippen molar-refractivity contribution in [2.75, 3.05) is 19.7 Å². The minimum Gasteiger partial charge on any atom is -0.396 e. The molecule has 0 saturated carbocycles. The number of benzene rings is 1. The van der Waals surface area contributed by atoms with Crippen LogP contribution in [0.1, 0.15) is 12.0 Å². The van der Waals surface area contributed by atoms with E-state index in [0.29, 0.717) is 12.0 Å². The van der Waals surface area contributed by atoms with Crippen molar-refractivity contribution in [1.82, 2.24) is 5.32 Å². The molecule has 2 N–H and O–H groups in total. The van der Waals surface area contributed by atoms with Crippen molar-refractivity contribution in [3.63, 3.8) is 0 Å². The molecule has 1 aliphatic rings. The lowest BCUT2D eigenvalue weighted by Crippen LogP contribution is -2.31. The zero-order valence-electron chi connectivity index (χ0n) is 8.97. The quantitative estimate of drug-likeness (QED) is 0.893. The largest absolute Gasteiger partial charge is 0.396 e. The molecule has 0 radical (unpaired) electrons. The first-order valence-corrected chi connectivity index (χ1v) is 6.20. The van der Waals surface area contributed by atoms with E-state index in [9.17, 15) is 9.50 Å². The molecule has 1 aromatic rings. The third-order valence-electron chi connectivity index (χ3n) is 3.24. The standard InChI is InChI=1S/C12H15BrFNO/c13-10-1-2-11(14)9(5-10)6-12(8-16)3-4-15-7-12/h1-2,5,15-16H,3-4,6-8H2. The van der Waals surface area contributed by atoms with Gasteiger partial charge in [-0.2, -0.15) is 0 Å². The molecule has 0 amide bonds. The van der Waals surface area contributed by atoms with Crippen LogP contribution in [0.2, 0.25) is 0 Å². The molecule has 1 unspecified atom stereocenters. The number of halogens is 2. The maximum absolute atomic E-state index is 13.6. The van der Waals surface area contributed by atoms with E-state index in [2.05, 4.69) is 21.2 Å². The second-order valence-corrected chi connectivity index (χ2v) is 5.41. The third kappa shape index (κ3) is 2.44. The lowest BCUT2D eigenvalue weighted by Gasteiger charge is -2.25. The van der Waals surface area contributed by atoms with E-state index in [1.54, 1.807) is 12.1 Å². The highest BCUT2D eigenvalue weighted by atomic mass is 79.9. The van der Waals surface area contributed by atoms with Crippen molar-refractivity contribution in [3.05, 3.63) is 34.1 Å². The molecule has 1 aliphatic heterocycles. The van der Waals surface area contributed by atoms with Gasteiger partial charge in [0.15, 0.2) is 0 Å². The van der Waals surface area contributed by atoms with Crippen LogP contribution in [-0.4, -0.2) is 24.8 Å². The third-order valence-corrected chi connectivity index (χ3v) is 3.73. The van der Waals surface area contributed by atoms with Gasteiger partial charge in [-0.25, -0.2) is 4.39 Å². The lowest BCUT2D eigenvalue weighted by molar-refractivity contribution is 0.142. The van der Waals surface area contributed by atoms with Gasteiger partial charge in [-0.15, -0.1) is 0 Å². The van der Waals surface area contributed by atoms with Gasteiger partial charge in [-0.3, -0.25) is 0 Å². The van der Waals surface area contributed by atoms with Crippen LogP contribution in [0.4, 0.5) is 4.39 Å². The zero-order valence-corrected chi connectivity index (χ0v) is 10.6. The summed E-state index contributed by atoms with van der Waals surface area (Å²) in [6.07, 6.45) is 1.48. The molecule has 1 atom stereocenters. The minimum absolute atomic E-state index is 0.103. The predicted molar refractivity (Wildman–Crippen MR) is 64.8 cm³/mol.